The number of nitrogens with two attached hydrogens (primary N) is 2. The molecule has 0 saturated heterocycles. The number of aliphatic imine (C=N–C) groups is 1. The Morgan fingerprint density at radius 2 is 1.76 bits per heavy atom. The van der Waals surface area contributed by atoms with E-state index in [1.54, 1.807) is 12.1 Å². The number of carbonyl (C=O) groups excluding carboxylic acids is 1. The first-order valence-electron chi connectivity index (χ1n) is 11.2. The molecule has 0 spiro atoms. The van der Waals surface area contributed by atoms with Crippen LogP contribution >= 0.6 is 0 Å². The maximum atomic E-state index is 13.3. The number of carbonyl (C=O) groups is 2. The van der Waals surface area contributed by atoms with E-state index in [0.717, 1.165) is 10.8 Å². The average Bonchev–Trinajstić information content (AvgIpc) is 2.79. The fraction of sp³-hybridized carbons (Fsp3) is 0.435. The molecule has 0 radical (unpaired) electrons. The lowest BCUT2D eigenvalue weighted by Gasteiger charge is -2.24. The molecule has 0 aliphatic carbocycles. The van der Waals surface area contributed by atoms with Crippen LogP contribution in [0.2, 0.25) is 0 Å². The number of hydrogen-bond donors (Lipinski definition) is 5. The predicted octanol–water partition coefficient (Wildman–Crippen LogP) is 1.34. The summed E-state index contributed by atoms with van der Waals surface area (Å²) >= 11 is 0. The highest BCUT2D eigenvalue weighted by Crippen LogP contribution is 2.20. The molecule has 0 aromatic heterocycles. The molecule has 10 nitrogen and oxygen atoms in total. The first-order valence-corrected chi connectivity index (χ1v) is 12.7. The smallest absolute Gasteiger partial charge is 0.304 e. The Labute approximate surface area is 199 Å². The third-order valence-electron chi connectivity index (χ3n) is 5.27. The van der Waals surface area contributed by atoms with Crippen molar-refractivity contribution in [1.82, 2.24) is 10.0 Å². The standard InChI is InChI=1S/C23H33N5O5S/c1-2-6-19(26-14-12-21(29)30)22(31)20(9-5-13-27-23(24)25)28-34(32,33)18-11-10-16-7-3-4-8-17(16)15-18/h3-4,7-8,10-11,15,19-20,26,28H,2,5-6,9,12-14H2,1H3,(H,29,30)(H4,24,25,27)/t19?,20-/m0/s1. The molecular weight excluding hydrogens is 458 g/mol. The normalized spacial score (nSPS) is 13.3. The van der Waals surface area contributed by atoms with Crippen molar-refractivity contribution in [3.8, 4) is 0 Å². The number of aliphatic carboxylic acids is 1. The van der Waals surface area contributed by atoms with Crippen LogP contribution in [0.25, 0.3) is 10.8 Å². The number of nitrogens with zero attached hydrogens (tertiary/aromatic N) is 1. The molecule has 2 rings (SSSR count). The lowest BCUT2D eigenvalue weighted by atomic mass is 9.98. The zero-order valence-corrected chi connectivity index (χ0v) is 20.1. The van der Waals surface area contributed by atoms with E-state index in [9.17, 15) is 18.0 Å². The number of hydrogen-bond acceptors (Lipinski definition) is 6. The first-order chi connectivity index (χ1) is 16.1. The van der Waals surface area contributed by atoms with E-state index in [-0.39, 0.29) is 42.6 Å². The van der Waals surface area contributed by atoms with Crippen molar-refractivity contribution in [1.29, 1.82) is 0 Å². The van der Waals surface area contributed by atoms with Gasteiger partial charge in [0, 0.05) is 13.1 Å². The number of sulfonamides is 1. The molecule has 34 heavy (non-hydrogen) atoms. The Balaban J connectivity index is 2.26. The summed E-state index contributed by atoms with van der Waals surface area (Å²) in [6.07, 6.45) is 1.52. The minimum Gasteiger partial charge on any atom is -0.481 e. The molecule has 11 heteroatoms. The van der Waals surface area contributed by atoms with Gasteiger partial charge < -0.3 is 21.9 Å². The molecule has 2 aromatic rings. The fourth-order valence-electron chi connectivity index (χ4n) is 3.58. The zero-order valence-electron chi connectivity index (χ0n) is 19.2. The third-order valence-corrected chi connectivity index (χ3v) is 6.74. The van der Waals surface area contributed by atoms with E-state index in [1.807, 2.05) is 31.2 Å². The number of carboxylic acids is 1. The molecular formula is C23H33N5O5S. The summed E-state index contributed by atoms with van der Waals surface area (Å²) in [5, 5.41) is 13.5. The van der Waals surface area contributed by atoms with E-state index in [0.29, 0.717) is 19.3 Å². The maximum absolute atomic E-state index is 13.3. The zero-order chi connectivity index (χ0) is 25.1. The number of ketones is 1. The van der Waals surface area contributed by atoms with Crippen molar-refractivity contribution in [2.45, 2.75) is 56.0 Å². The van der Waals surface area contributed by atoms with Crippen LogP contribution in [0.5, 0.6) is 0 Å². The molecule has 0 aliphatic rings. The van der Waals surface area contributed by atoms with Crippen LogP contribution < -0.4 is 21.5 Å². The van der Waals surface area contributed by atoms with Gasteiger partial charge >= 0.3 is 5.97 Å². The molecule has 0 fully saturated rings. The quantitative estimate of drug-likeness (QED) is 0.141. The van der Waals surface area contributed by atoms with Crippen LogP contribution in [0, 0.1) is 0 Å². The Hall–Kier alpha value is -3.02. The van der Waals surface area contributed by atoms with Gasteiger partial charge in [0.1, 0.15) is 0 Å². The van der Waals surface area contributed by atoms with Crippen LogP contribution in [0.1, 0.15) is 39.0 Å². The van der Waals surface area contributed by atoms with Gasteiger partial charge in [0.15, 0.2) is 11.7 Å². The highest BCUT2D eigenvalue weighted by Gasteiger charge is 2.30. The number of guanidine groups is 1. The summed E-state index contributed by atoms with van der Waals surface area (Å²) in [5.41, 5.74) is 10.7. The number of benzene rings is 2. The number of carboxylic acid groups (broad SMARTS) is 1. The first kappa shape index (κ1) is 27.2. The van der Waals surface area contributed by atoms with Gasteiger partial charge in [0.25, 0.3) is 0 Å². The fourth-order valence-corrected chi connectivity index (χ4v) is 4.86. The van der Waals surface area contributed by atoms with E-state index >= 15 is 0 Å². The SMILES string of the molecule is CCCC(NCCC(=O)O)C(=O)[C@H](CCCN=C(N)N)NS(=O)(=O)c1ccc2ccccc2c1. The van der Waals surface area contributed by atoms with Crippen molar-refractivity contribution < 1.29 is 23.1 Å². The van der Waals surface area contributed by atoms with Crippen molar-refractivity contribution in [3.05, 3.63) is 42.5 Å². The number of nitrogens with one attached hydrogen (secondary N) is 2. The average molecular weight is 492 g/mol. The second kappa shape index (κ2) is 13.0. The number of rotatable bonds is 15. The largest absolute Gasteiger partial charge is 0.481 e. The van der Waals surface area contributed by atoms with E-state index in [1.165, 1.54) is 6.07 Å². The third kappa shape index (κ3) is 8.40. The molecule has 2 atom stereocenters. The van der Waals surface area contributed by atoms with Crippen LogP contribution in [0.15, 0.2) is 52.4 Å². The van der Waals surface area contributed by atoms with Gasteiger partial charge in [0.2, 0.25) is 10.0 Å². The number of fused-ring (bicyclic) bond motifs is 1. The van der Waals surface area contributed by atoms with E-state index < -0.39 is 28.1 Å². The second-order valence-electron chi connectivity index (χ2n) is 7.97. The molecule has 0 bridgehead atoms. The van der Waals surface area contributed by atoms with Crippen LogP contribution in [0.3, 0.4) is 0 Å². The van der Waals surface area contributed by atoms with Crippen LogP contribution in [-0.2, 0) is 19.6 Å². The molecule has 0 saturated carbocycles. The van der Waals surface area contributed by atoms with Crippen LogP contribution in [-0.4, -0.2) is 56.4 Å². The molecule has 7 N–H and O–H groups in total. The highest BCUT2D eigenvalue weighted by atomic mass is 32.2. The monoisotopic (exact) mass is 491 g/mol. The predicted molar refractivity (Wildman–Crippen MR) is 132 cm³/mol. The van der Waals surface area contributed by atoms with Gasteiger partial charge in [-0.15, -0.1) is 0 Å². The van der Waals surface area contributed by atoms with E-state index in [4.69, 9.17) is 16.6 Å². The summed E-state index contributed by atoms with van der Waals surface area (Å²) in [4.78, 5) is 28.1. The Kier molecular flexibility index (Phi) is 10.4. The van der Waals surface area contributed by atoms with E-state index in [2.05, 4.69) is 15.0 Å². The summed E-state index contributed by atoms with van der Waals surface area (Å²) in [6, 6.07) is 10.4. The van der Waals surface area contributed by atoms with Crippen molar-refractivity contribution in [2.24, 2.45) is 16.5 Å². The Morgan fingerprint density at radius 1 is 1.06 bits per heavy atom. The molecule has 0 amide bonds. The molecule has 0 heterocycles. The summed E-state index contributed by atoms with van der Waals surface area (Å²) in [7, 11) is -4.01. The highest BCUT2D eigenvalue weighted by molar-refractivity contribution is 7.89. The van der Waals surface area contributed by atoms with Crippen molar-refractivity contribution in [2.75, 3.05) is 13.1 Å². The van der Waals surface area contributed by atoms with Crippen molar-refractivity contribution in [3.63, 3.8) is 0 Å². The summed E-state index contributed by atoms with van der Waals surface area (Å²) < 4.78 is 28.9. The van der Waals surface area contributed by atoms with Gasteiger partial charge in [-0.05, 0) is 42.2 Å². The molecule has 1 unspecified atom stereocenters. The second-order valence-corrected chi connectivity index (χ2v) is 9.69. The lowest BCUT2D eigenvalue weighted by Crippen LogP contribution is -2.50. The lowest BCUT2D eigenvalue weighted by molar-refractivity contribution is -0.137. The molecule has 186 valence electrons. The Morgan fingerprint density at radius 3 is 2.41 bits per heavy atom. The topological polar surface area (TPSA) is 177 Å². The van der Waals surface area contributed by atoms with Gasteiger partial charge in [0.05, 0.1) is 23.4 Å². The summed E-state index contributed by atoms with van der Waals surface area (Å²) in [5.74, 6) is -1.42. The number of Topliss-reactive ketones (excluding diaryl/α,β-unsaturated/α-hetero) is 1. The summed E-state index contributed by atoms with van der Waals surface area (Å²) in [6.45, 7) is 2.24. The molecule has 2 aromatic carbocycles. The minimum atomic E-state index is -4.01. The van der Waals surface area contributed by atoms with Crippen LogP contribution in [0.4, 0.5) is 0 Å². The minimum absolute atomic E-state index is 0.0547. The van der Waals surface area contributed by atoms with Gasteiger partial charge in [-0.25, -0.2) is 13.1 Å². The van der Waals surface area contributed by atoms with Crippen molar-refractivity contribution >= 4 is 38.5 Å². The van der Waals surface area contributed by atoms with Gasteiger partial charge in [-0.3, -0.25) is 14.6 Å². The van der Waals surface area contributed by atoms with Gasteiger partial charge in [-0.1, -0.05) is 43.7 Å². The Bertz CT molecular complexity index is 1120. The maximum Gasteiger partial charge on any atom is 0.304 e. The molecule has 0 aliphatic heterocycles. The van der Waals surface area contributed by atoms with Gasteiger partial charge in [-0.2, -0.15) is 0 Å².